The number of nitrogens with zero attached hydrogens (tertiary/aromatic N) is 2. The van der Waals surface area contributed by atoms with Crippen LogP contribution < -0.4 is 5.73 Å². The van der Waals surface area contributed by atoms with Gasteiger partial charge in [-0.2, -0.15) is 0 Å². The number of nitrogens with two attached hydrogens (primary N) is 1. The Morgan fingerprint density at radius 2 is 1.84 bits per heavy atom. The molecule has 1 unspecified atom stereocenters. The Hall–Kier alpha value is -1.84. The van der Waals surface area contributed by atoms with Crippen molar-refractivity contribution >= 4 is 22.6 Å². The monoisotopic (exact) mass is 271 g/mol. The molecule has 0 amide bonds. The molecule has 3 rings (SSSR count). The van der Waals surface area contributed by atoms with Gasteiger partial charge in [0.05, 0.1) is 16.6 Å². The molecule has 0 fully saturated rings. The van der Waals surface area contributed by atoms with Gasteiger partial charge < -0.3 is 5.73 Å². The molecular formula is C15H14ClN3. The van der Waals surface area contributed by atoms with E-state index in [2.05, 4.69) is 9.55 Å². The van der Waals surface area contributed by atoms with E-state index >= 15 is 0 Å². The zero-order valence-corrected chi connectivity index (χ0v) is 11.3. The van der Waals surface area contributed by atoms with E-state index in [1.54, 1.807) is 0 Å². The predicted octanol–water partition coefficient (Wildman–Crippen LogP) is 3.70. The highest BCUT2D eigenvalue weighted by Crippen LogP contribution is 2.28. The minimum Gasteiger partial charge on any atom is -0.322 e. The molecule has 0 aliphatic heterocycles. The zero-order valence-electron chi connectivity index (χ0n) is 10.5. The number of halogens is 1. The van der Waals surface area contributed by atoms with E-state index in [4.69, 9.17) is 17.3 Å². The van der Waals surface area contributed by atoms with Crippen LogP contribution in [-0.2, 0) is 0 Å². The molecule has 0 aliphatic carbocycles. The Morgan fingerprint density at radius 3 is 2.53 bits per heavy atom. The second-order valence-corrected chi connectivity index (χ2v) is 4.94. The lowest BCUT2D eigenvalue weighted by atomic mass is 10.2. The molecule has 19 heavy (non-hydrogen) atoms. The Bertz CT molecular complexity index is 717. The molecule has 0 spiro atoms. The minimum atomic E-state index is -0.163. The molecule has 3 nitrogen and oxygen atoms in total. The standard InChI is InChI=1S/C15H14ClN3/c1-10(17)15-18-14-12(16)8-5-9-13(14)19(15)11-6-3-2-4-7-11/h2-10H,17H2,1H3. The van der Waals surface area contributed by atoms with Crippen molar-refractivity contribution in [2.45, 2.75) is 13.0 Å². The number of benzene rings is 2. The van der Waals surface area contributed by atoms with Crippen molar-refractivity contribution in [2.75, 3.05) is 0 Å². The second-order valence-electron chi connectivity index (χ2n) is 4.54. The number of fused-ring (bicyclic) bond motifs is 1. The van der Waals surface area contributed by atoms with Crippen LogP contribution in [-0.4, -0.2) is 9.55 Å². The fraction of sp³-hybridized carbons (Fsp3) is 0.133. The summed E-state index contributed by atoms with van der Waals surface area (Å²) in [6.45, 7) is 1.93. The fourth-order valence-electron chi connectivity index (χ4n) is 2.24. The third kappa shape index (κ3) is 2.01. The lowest BCUT2D eigenvalue weighted by molar-refractivity contribution is 0.727. The molecule has 2 N–H and O–H groups in total. The number of hydrogen-bond acceptors (Lipinski definition) is 2. The Balaban J connectivity index is 2.38. The Kier molecular flexibility index (Phi) is 3.01. The Labute approximate surface area is 116 Å². The third-order valence-corrected chi connectivity index (χ3v) is 3.39. The summed E-state index contributed by atoms with van der Waals surface area (Å²) in [5.74, 6) is 0.814. The molecule has 1 aromatic heterocycles. The van der Waals surface area contributed by atoms with Crippen LogP contribution in [0.1, 0.15) is 18.8 Å². The summed E-state index contributed by atoms with van der Waals surface area (Å²) >= 11 is 6.22. The van der Waals surface area contributed by atoms with Crippen LogP contribution >= 0.6 is 11.6 Å². The highest BCUT2D eigenvalue weighted by atomic mass is 35.5. The van der Waals surface area contributed by atoms with Crippen LogP contribution in [0.15, 0.2) is 48.5 Å². The molecule has 0 saturated heterocycles. The highest BCUT2D eigenvalue weighted by Gasteiger charge is 2.16. The summed E-state index contributed by atoms with van der Waals surface area (Å²) in [7, 11) is 0. The van der Waals surface area contributed by atoms with Gasteiger partial charge in [-0.3, -0.25) is 4.57 Å². The number of aromatic nitrogens is 2. The predicted molar refractivity (Wildman–Crippen MR) is 78.7 cm³/mol. The maximum Gasteiger partial charge on any atom is 0.131 e. The van der Waals surface area contributed by atoms with Crippen LogP contribution in [0.5, 0.6) is 0 Å². The number of imidazole rings is 1. The van der Waals surface area contributed by atoms with Crippen molar-refractivity contribution in [3.05, 3.63) is 59.4 Å². The zero-order chi connectivity index (χ0) is 13.4. The molecule has 1 atom stereocenters. The van der Waals surface area contributed by atoms with Gasteiger partial charge in [0.25, 0.3) is 0 Å². The quantitative estimate of drug-likeness (QED) is 0.772. The van der Waals surface area contributed by atoms with Crippen LogP contribution in [0.2, 0.25) is 5.02 Å². The van der Waals surface area contributed by atoms with E-state index < -0.39 is 0 Å². The first kappa shape index (κ1) is 12.2. The van der Waals surface area contributed by atoms with Crippen molar-refractivity contribution in [1.29, 1.82) is 0 Å². The van der Waals surface area contributed by atoms with Crippen molar-refractivity contribution in [3.8, 4) is 5.69 Å². The van der Waals surface area contributed by atoms with E-state index in [1.807, 2.05) is 55.5 Å². The Morgan fingerprint density at radius 1 is 1.11 bits per heavy atom. The van der Waals surface area contributed by atoms with Crippen LogP contribution in [0, 0.1) is 0 Å². The maximum absolute atomic E-state index is 6.22. The van der Waals surface area contributed by atoms with Gasteiger partial charge in [0.2, 0.25) is 0 Å². The van der Waals surface area contributed by atoms with E-state index in [9.17, 15) is 0 Å². The van der Waals surface area contributed by atoms with Gasteiger partial charge in [-0.1, -0.05) is 35.9 Å². The van der Waals surface area contributed by atoms with Crippen molar-refractivity contribution in [2.24, 2.45) is 5.73 Å². The van der Waals surface area contributed by atoms with Gasteiger partial charge in [0, 0.05) is 5.69 Å². The van der Waals surface area contributed by atoms with Gasteiger partial charge in [-0.05, 0) is 31.2 Å². The van der Waals surface area contributed by atoms with E-state index in [0.29, 0.717) is 5.02 Å². The topological polar surface area (TPSA) is 43.8 Å². The van der Waals surface area contributed by atoms with Crippen LogP contribution in [0.3, 0.4) is 0 Å². The number of rotatable bonds is 2. The molecule has 2 aromatic carbocycles. The SMILES string of the molecule is CC(N)c1nc2c(Cl)cccc2n1-c1ccccc1. The molecule has 4 heteroatoms. The normalized spacial score (nSPS) is 12.8. The van der Waals surface area contributed by atoms with Gasteiger partial charge in [-0.25, -0.2) is 4.98 Å². The molecule has 0 radical (unpaired) electrons. The van der Waals surface area contributed by atoms with Crippen molar-refractivity contribution in [1.82, 2.24) is 9.55 Å². The van der Waals surface area contributed by atoms with Gasteiger partial charge in [0.15, 0.2) is 0 Å². The lowest BCUT2D eigenvalue weighted by Gasteiger charge is -2.11. The lowest BCUT2D eigenvalue weighted by Crippen LogP contribution is -2.12. The first-order chi connectivity index (χ1) is 9.18. The average molecular weight is 272 g/mol. The molecular weight excluding hydrogens is 258 g/mol. The first-order valence-electron chi connectivity index (χ1n) is 6.16. The van der Waals surface area contributed by atoms with Crippen LogP contribution in [0.4, 0.5) is 0 Å². The second kappa shape index (κ2) is 4.68. The molecule has 3 aromatic rings. The fourth-order valence-corrected chi connectivity index (χ4v) is 2.45. The summed E-state index contributed by atoms with van der Waals surface area (Å²) in [4.78, 5) is 4.59. The third-order valence-electron chi connectivity index (χ3n) is 3.08. The van der Waals surface area contributed by atoms with E-state index in [0.717, 1.165) is 22.5 Å². The van der Waals surface area contributed by atoms with Gasteiger partial charge in [-0.15, -0.1) is 0 Å². The summed E-state index contributed by atoms with van der Waals surface area (Å²) in [5.41, 5.74) is 8.85. The van der Waals surface area contributed by atoms with Crippen LogP contribution in [0.25, 0.3) is 16.7 Å². The average Bonchev–Trinajstić information content (AvgIpc) is 2.81. The summed E-state index contributed by atoms with van der Waals surface area (Å²) in [6, 6.07) is 15.7. The molecule has 0 saturated carbocycles. The minimum absolute atomic E-state index is 0.163. The largest absolute Gasteiger partial charge is 0.322 e. The molecule has 0 bridgehead atoms. The highest BCUT2D eigenvalue weighted by molar-refractivity contribution is 6.34. The van der Waals surface area contributed by atoms with Gasteiger partial charge in [0.1, 0.15) is 11.3 Å². The van der Waals surface area contributed by atoms with E-state index in [1.165, 1.54) is 0 Å². The first-order valence-corrected chi connectivity index (χ1v) is 6.54. The molecule has 0 aliphatic rings. The summed E-state index contributed by atoms with van der Waals surface area (Å²) in [6.07, 6.45) is 0. The van der Waals surface area contributed by atoms with E-state index in [-0.39, 0.29) is 6.04 Å². The summed E-state index contributed by atoms with van der Waals surface area (Å²) < 4.78 is 2.06. The smallest absolute Gasteiger partial charge is 0.131 e. The molecule has 96 valence electrons. The van der Waals surface area contributed by atoms with Crippen molar-refractivity contribution < 1.29 is 0 Å². The van der Waals surface area contributed by atoms with Gasteiger partial charge >= 0.3 is 0 Å². The number of hydrogen-bond donors (Lipinski definition) is 1. The maximum atomic E-state index is 6.22. The summed E-state index contributed by atoms with van der Waals surface area (Å²) in [5, 5.41) is 0.647. The van der Waals surface area contributed by atoms with Crippen molar-refractivity contribution in [3.63, 3.8) is 0 Å². The number of para-hydroxylation sites is 2. The molecule has 1 heterocycles.